The van der Waals surface area contributed by atoms with Crippen LogP contribution < -0.4 is 0 Å². The highest BCUT2D eigenvalue weighted by Crippen LogP contribution is 2.53. The highest BCUT2D eigenvalue weighted by atomic mass is 32.2. The van der Waals surface area contributed by atoms with Crippen LogP contribution in [0.4, 0.5) is 0 Å². The van der Waals surface area contributed by atoms with Crippen molar-refractivity contribution in [1.29, 1.82) is 0 Å². The summed E-state index contributed by atoms with van der Waals surface area (Å²) in [4.78, 5) is 0. The fourth-order valence-corrected chi connectivity index (χ4v) is 8.09. The van der Waals surface area contributed by atoms with Crippen molar-refractivity contribution in [2.45, 2.75) is 50.8 Å². The summed E-state index contributed by atoms with van der Waals surface area (Å²) in [7, 11) is -2.09. The molecule has 2 saturated carbocycles. The van der Waals surface area contributed by atoms with Crippen LogP contribution in [0.5, 0.6) is 0 Å². The predicted molar refractivity (Wildman–Crippen MR) is 82.3 cm³/mol. The summed E-state index contributed by atoms with van der Waals surface area (Å²) in [5.41, 5.74) is 2.28. The van der Waals surface area contributed by atoms with E-state index in [9.17, 15) is 8.42 Å². The maximum atomic E-state index is 12.5. The highest BCUT2D eigenvalue weighted by molar-refractivity contribution is 7.97. The summed E-state index contributed by atoms with van der Waals surface area (Å²) in [6, 6.07) is 0. The van der Waals surface area contributed by atoms with Crippen molar-refractivity contribution >= 4 is 27.5 Å². The normalized spacial score (nSPS) is 23.5. The van der Waals surface area contributed by atoms with Gasteiger partial charge in [0, 0.05) is 0 Å². The van der Waals surface area contributed by atoms with E-state index in [0.29, 0.717) is 28.8 Å². The Kier molecular flexibility index (Phi) is 4.86. The monoisotopic (exact) mass is 307 g/mol. The summed E-state index contributed by atoms with van der Waals surface area (Å²) in [6.45, 7) is 7.74. The zero-order chi connectivity index (χ0) is 13.3. The van der Waals surface area contributed by atoms with Crippen molar-refractivity contribution in [3.05, 3.63) is 12.2 Å². The van der Waals surface area contributed by atoms with Gasteiger partial charge in [-0.25, -0.2) is 8.42 Å². The van der Waals surface area contributed by atoms with E-state index in [1.807, 2.05) is 17.7 Å². The summed E-state index contributed by atoms with van der Waals surface area (Å²) in [5.74, 6) is 0.299. The molecule has 0 radical (unpaired) electrons. The molecule has 0 aromatic heterocycles. The van der Waals surface area contributed by atoms with Gasteiger partial charge in [-0.15, -0.1) is 0 Å². The van der Waals surface area contributed by atoms with Crippen molar-refractivity contribution in [1.82, 2.24) is 3.85 Å². The summed E-state index contributed by atoms with van der Waals surface area (Å²) >= 11 is 0. The molecule has 3 atom stereocenters. The molecule has 0 heterocycles. The second kappa shape index (κ2) is 5.87. The second-order valence-corrected chi connectivity index (χ2v) is 11.6. The van der Waals surface area contributed by atoms with E-state index < -0.39 is 10.0 Å². The molecule has 104 valence electrons. The third-order valence-corrected chi connectivity index (χ3v) is 10.2. The van der Waals surface area contributed by atoms with Gasteiger partial charge in [0.15, 0.2) is 0 Å². The molecule has 0 aliphatic heterocycles. The zero-order valence-corrected chi connectivity index (χ0v) is 14.0. The van der Waals surface area contributed by atoms with E-state index in [2.05, 4.69) is 6.58 Å². The van der Waals surface area contributed by atoms with Gasteiger partial charge in [0.1, 0.15) is 0 Å². The molecule has 3 nitrogen and oxygen atoms in total. The largest absolute Gasteiger partial charge is 0.220 e. The maximum absolute atomic E-state index is 12.5. The van der Waals surface area contributed by atoms with Crippen LogP contribution in [-0.4, -0.2) is 29.3 Å². The molecular formula is C12H23NO2P2S. The Morgan fingerprint density at radius 3 is 2.06 bits per heavy atom. The van der Waals surface area contributed by atoms with Crippen LogP contribution in [0, 0.1) is 5.92 Å². The van der Waals surface area contributed by atoms with Gasteiger partial charge in [-0.2, -0.15) is 3.85 Å². The highest BCUT2D eigenvalue weighted by Gasteiger charge is 2.35. The first kappa shape index (κ1) is 14.9. The first-order valence-electron chi connectivity index (χ1n) is 6.59. The molecule has 0 amide bonds. The Bertz CT molecular complexity index is 402. The lowest BCUT2D eigenvalue weighted by atomic mass is 10.1. The molecule has 0 N–H and O–H groups in total. The summed E-state index contributed by atoms with van der Waals surface area (Å²) < 4.78 is 26.8. The fourth-order valence-electron chi connectivity index (χ4n) is 1.49. The Morgan fingerprint density at radius 1 is 1.28 bits per heavy atom. The number of hydrogen-bond acceptors (Lipinski definition) is 2. The third kappa shape index (κ3) is 4.56. The molecular weight excluding hydrogens is 284 g/mol. The van der Waals surface area contributed by atoms with E-state index in [0.717, 1.165) is 5.57 Å². The van der Waals surface area contributed by atoms with Crippen LogP contribution in [0.15, 0.2) is 12.2 Å². The van der Waals surface area contributed by atoms with E-state index >= 15 is 0 Å². The molecule has 0 aromatic rings. The van der Waals surface area contributed by atoms with Gasteiger partial charge in [0.2, 0.25) is 10.0 Å². The Morgan fingerprint density at radius 2 is 1.72 bits per heavy atom. The minimum atomic E-state index is -3.08. The smallest absolute Gasteiger partial charge is 0.212 e. The van der Waals surface area contributed by atoms with Gasteiger partial charge in [-0.3, -0.25) is 0 Å². The Hall–Kier alpha value is 0.510. The average molecular weight is 307 g/mol. The molecule has 0 aromatic carbocycles. The third-order valence-electron chi connectivity index (χ3n) is 3.33. The zero-order valence-electron chi connectivity index (χ0n) is 11.1. The average Bonchev–Trinajstić information content (AvgIpc) is 3.10. The van der Waals surface area contributed by atoms with Crippen molar-refractivity contribution in [3.63, 3.8) is 0 Å². The fraction of sp³-hybridized carbons (Fsp3) is 0.833. The molecule has 2 aliphatic carbocycles. The van der Waals surface area contributed by atoms with Gasteiger partial charge >= 0.3 is 0 Å². The lowest BCUT2D eigenvalue weighted by Crippen LogP contribution is -2.24. The molecule has 2 unspecified atom stereocenters. The lowest BCUT2D eigenvalue weighted by Gasteiger charge is -2.23. The van der Waals surface area contributed by atoms with Crippen LogP contribution >= 0.6 is 17.5 Å². The molecule has 2 rings (SSSR count). The summed E-state index contributed by atoms with van der Waals surface area (Å²) in [5, 5.41) is 0. The van der Waals surface area contributed by atoms with Crippen molar-refractivity contribution < 1.29 is 8.42 Å². The number of nitrogens with zero attached hydrogens (tertiary/aromatic N) is 1. The van der Waals surface area contributed by atoms with Gasteiger partial charge < -0.3 is 0 Å². The summed E-state index contributed by atoms with van der Waals surface area (Å²) in [6.07, 6.45) is 4.87. The Balaban J connectivity index is 1.98. The van der Waals surface area contributed by atoms with Gasteiger partial charge in [0.05, 0.1) is 5.75 Å². The number of sulfonamides is 1. The second-order valence-electron chi connectivity index (χ2n) is 5.60. The number of hydrogen-bond donors (Lipinski definition) is 0. The molecule has 18 heavy (non-hydrogen) atoms. The molecule has 6 heteroatoms. The van der Waals surface area contributed by atoms with Crippen molar-refractivity contribution in [3.8, 4) is 0 Å². The first-order chi connectivity index (χ1) is 8.38. The van der Waals surface area contributed by atoms with Gasteiger partial charge in [-0.1, -0.05) is 19.1 Å². The van der Waals surface area contributed by atoms with Gasteiger partial charge in [0.25, 0.3) is 0 Å². The van der Waals surface area contributed by atoms with Crippen molar-refractivity contribution in [2.75, 3.05) is 5.75 Å². The molecule has 0 spiro atoms. The number of allylic oxidation sites excluding steroid dienone is 1. The quantitative estimate of drug-likeness (QED) is 0.509. The minimum Gasteiger partial charge on any atom is -0.212 e. The van der Waals surface area contributed by atoms with Crippen LogP contribution in [-0.2, 0) is 10.0 Å². The predicted octanol–water partition coefficient (Wildman–Crippen LogP) is 3.34. The van der Waals surface area contributed by atoms with E-state index in [1.165, 1.54) is 25.7 Å². The van der Waals surface area contributed by atoms with E-state index in [-0.39, 0.29) is 11.7 Å². The van der Waals surface area contributed by atoms with Crippen molar-refractivity contribution in [2.24, 2.45) is 5.92 Å². The standard InChI is InChI=1S/C12H23NO2P2S/c1-9(2)10(3)8-18(14,15)13(16-11-4-5-11)17-12-6-7-12/h10-12,16-17H,1,4-8H2,2-3H3/t10-/m1/s1. The van der Waals surface area contributed by atoms with Crippen LogP contribution in [0.25, 0.3) is 0 Å². The molecule has 0 bridgehead atoms. The Labute approximate surface area is 115 Å². The molecule has 2 fully saturated rings. The van der Waals surface area contributed by atoms with E-state index in [1.54, 1.807) is 0 Å². The minimum absolute atomic E-state index is 0.0607. The van der Waals surface area contributed by atoms with Crippen LogP contribution in [0.2, 0.25) is 0 Å². The van der Waals surface area contributed by atoms with Crippen LogP contribution in [0.3, 0.4) is 0 Å². The molecule has 2 aliphatic rings. The molecule has 0 saturated heterocycles. The van der Waals surface area contributed by atoms with Gasteiger partial charge in [-0.05, 0) is 67.3 Å². The lowest BCUT2D eigenvalue weighted by molar-refractivity contribution is 0.570. The topological polar surface area (TPSA) is 37.4 Å². The van der Waals surface area contributed by atoms with E-state index in [4.69, 9.17) is 0 Å². The SMILES string of the molecule is C=C(C)[C@H](C)CS(=O)(=O)N(PC1CC1)PC1CC1. The van der Waals surface area contributed by atoms with Crippen LogP contribution in [0.1, 0.15) is 39.5 Å². The first-order valence-corrected chi connectivity index (χ1v) is 10.2. The number of rotatable bonds is 8. The maximum Gasteiger partial charge on any atom is 0.220 e.